The smallest absolute Gasteiger partial charge is 0.256 e. The number of nitrogens with one attached hydrogen (secondary N) is 1. The SMILES string of the molecule is CN1CCOc2ccc(C(=O)Nc3cc(-c4ccsc4)nn3C)cc21. The van der Waals surface area contributed by atoms with Gasteiger partial charge >= 0.3 is 0 Å². The van der Waals surface area contributed by atoms with Gasteiger partial charge in [0.05, 0.1) is 17.9 Å². The predicted octanol–water partition coefficient (Wildman–Crippen LogP) is 3.23. The summed E-state index contributed by atoms with van der Waals surface area (Å²) in [6.45, 7) is 1.47. The van der Waals surface area contributed by atoms with Gasteiger partial charge in [-0.15, -0.1) is 0 Å². The fraction of sp³-hybridized carbons (Fsp3) is 0.222. The maximum absolute atomic E-state index is 12.6. The van der Waals surface area contributed by atoms with Gasteiger partial charge in [0.25, 0.3) is 5.91 Å². The molecule has 2 aromatic heterocycles. The number of nitrogens with zero attached hydrogens (tertiary/aromatic N) is 3. The Kier molecular flexibility index (Phi) is 3.93. The number of aromatic nitrogens is 2. The summed E-state index contributed by atoms with van der Waals surface area (Å²) >= 11 is 1.62. The zero-order valence-electron chi connectivity index (χ0n) is 14.0. The first-order valence-corrected chi connectivity index (χ1v) is 8.92. The number of anilines is 2. The minimum absolute atomic E-state index is 0.165. The zero-order chi connectivity index (χ0) is 17.4. The second-order valence-electron chi connectivity index (χ2n) is 5.96. The standard InChI is InChI=1S/C18H18N4O2S/c1-21-6-7-24-16-4-3-12(9-15(16)21)18(23)19-17-10-14(20-22(17)2)13-5-8-25-11-13/h3-5,8-11H,6-7H2,1-2H3,(H,19,23). The van der Waals surface area contributed by atoms with E-state index >= 15 is 0 Å². The molecule has 0 spiro atoms. The Balaban J connectivity index is 1.57. The van der Waals surface area contributed by atoms with Crippen LogP contribution in [0.4, 0.5) is 11.5 Å². The Labute approximate surface area is 149 Å². The molecule has 1 aromatic carbocycles. The number of fused-ring (bicyclic) bond motifs is 1. The third-order valence-electron chi connectivity index (χ3n) is 4.25. The number of hydrogen-bond donors (Lipinski definition) is 1. The molecule has 0 saturated carbocycles. The van der Waals surface area contributed by atoms with E-state index in [1.165, 1.54) is 0 Å². The lowest BCUT2D eigenvalue weighted by Crippen LogP contribution is -2.29. The highest BCUT2D eigenvalue weighted by molar-refractivity contribution is 7.08. The number of benzene rings is 1. The molecule has 1 N–H and O–H groups in total. The molecule has 7 heteroatoms. The van der Waals surface area contributed by atoms with Crippen LogP contribution in [0.1, 0.15) is 10.4 Å². The molecule has 1 aliphatic heterocycles. The van der Waals surface area contributed by atoms with E-state index in [1.54, 1.807) is 22.1 Å². The summed E-state index contributed by atoms with van der Waals surface area (Å²) < 4.78 is 7.30. The molecule has 25 heavy (non-hydrogen) atoms. The molecule has 0 aliphatic carbocycles. The Morgan fingerprint density at radius 2 is 2.16 bits per heavy atom. The van der Waals surface area contributed by atoms with Crippen LogP contribution in [0.15, 0.2) is 41.1 Å². The van der Waals surface area contributed by atoms with Gasteiger partial charge in [0, 0.05) is 36.7 Å². The maximum Gasteiger partial charge on any atom is 0.256 e. The van der Waals surface area contributed by atoms with Gasteiger partial charge in [0.2, 0.25) is 0 Å². The maximum atomic E-state index is 12.6. The van der Waals surface area contributed by atoms with Gasteiger partial charge in [-0.2, -0.15) is 16.4 Å². The van der Waals surface area contributed by atoms with Crippen molar-refractivity contribution in [3.8, 4) is 17.0 Å². The van der Waals surface area contributed by atoms with Crippen molar-refractivity contribution in [3.05, 3.63) is 46.7 Å². The monoisotopic (exact) mass is 354 g/mol. The summed E-state index contributed by atoms with van der Waals surface area (Å²) in [5.41, 5.74) is 3.42. The largest absolute Gasteiger partial charge is 0.490 e. The first-order chi connectivity index (χ1) is 12.1. The van der Waals surface area contributed by atoms with Gasteiger partial charge in [-0.25, -0.2) is 0 Å². The number of likely N-dealkylation sites (N-methyl/N-ethyl adjacent to an activating group) is 1. The summed E-state index contributed by atoms with van der Waals surface area (Å²) in [6, 6.07) is 9.38. The average molecular weight is 354 g/mol. The van der Waals surface area contributed by atoms with Crippen molar-refractivity contribution in [2.24, 2.45) is 7.05 Å². The van der Waals surface area contributed by atoms with Crippen LogP contribution in [0.5, 0.6) is 5.75 Å². The lowest BCUT2D eigenvalue weighted by atomic mass is 10.1. The highest BCUT2D eigenvalue weighted by Crippen LogP contribution is 2.32. The van der Waals surface area contributed by atoms with E-state index in [2.05, 4.69) is 15.3 Å². The third kappa shape index (κ3) is 2.98. The lowest BCUT2D eigenvalue weighted by Gasteiger charge is -2.27. The van der Waals surface area contributed by atoms with E-state index in [9.17, 15) is 4.79 Å². The summed E-state index contributed by atoms with van der Waals surface area (Å²) in [5.74, 6) is 1.31. The lowest BCUT2D eigenvalue weighted by molar-refractivity contribution is 0.102. The number of amides is 1. The molecule has 0 fully saturated rings. The van der Waals surface area contributed by atoms with Crippen LogP contribution in [0.25, 0.3) is 11.3 Å². The first kappa shape index (κ1) is 15.7. The van der Waals surface area contributed by atoms with Gasteiger partial charge in [-0.3, -0.25) is 9.48 Å². The van der Waals surface area contributed by atoms with Gasteiger partial charge in [-0.05, 0) is 29.6 Å². The van der Waals surface area contributed by atoms with Crippen LogP contribution in [0.2, 0.25) is 0 Å². The minimum Gasteiger partial charge on any atom is -0.490 e. The molecule has 1 aliphatic rings. The van der Waals surface area contributed by atoms with Gasteiger partial charge in [0.1, 0.15) is 18.2 Å². The Hall–Kier alpha value is -2.80. The number of rotatable bonds is 3. The quantitative estimate of drug-likeness (QED) is 0.784. The zero-order valence-corrected chi connectivity index (χ0v) is 14.8. The second kappa shape index (κ2) is 6.25. The second-order valence-corrected chi connectivity index (χ2v) is 6.74. The molecule has 3 heterocycles. The molecule has 4 rings (SSSR count). The molecule has 0 unspecified atom stereocenters. The van der Waals surface area contributed by atoms with Crippen LogP contribution in [-0.4, -0.2) is 35.9 Å². The van der Waals surface area contributed by atoms with Crippen molar-refractivity contribution < 1.29 is 9.53 Å². The highest BCUT2D eigenvalue weighted by Gasteiger charge is 2.18. The van der Waals surface area contributed by atoms with Crippen LogP contribution in [0.3, 0.4) is 0 Å². The topological polar surface area (TPSA) is 59.4 Å². The summed E-state index contributed by atoms with van der Waals surface area (Å²) in [6.07, 6.45) is 0. The molecule has 0 atom stereocenters. The van der Waals surface area contributed by atoms with E-state index in [-0.39, 0.29) is 5.91 Å². The number of thiophene rings is 1. The molecule has 1 amide bonds. The molecular weight excluding hydrogens is 336 g/mol. The summed E-state index contributed by atoms with van der Waals surface area (Å²) in [5, 5.41) is 11.4. The highest BCUT2D eigenvalue weighted by atomic mass is 32.1. The van der Waals surface area contributed by atoms with Crippen LogP contribution in [-0.2, 0) is 7.05 Å². The van der Waals surface area contributed by atoms with Crippen LogP contribution >= 0.6 is 11.3 Å². The molecule has 0 radical (unpaired) electrons. The van der Waals surface area contributed by atoms with E-state index in [0.717, 1.165) is 29.2 Å². The van der Waals surface area contributed by atoms with E-state index < -0.39 is 0 Å². The number of hydrogen-bond acceptors (Lipinski definition) is 5. The number of carbonyl (C=O) groups excluding carboxylic acids is 1. The molecule has 6 nitrogen and oxygen atoms in total. The number of carbonyl (C=O) groups is 1. The van der Waals surface area contributed by atoms with Gasteiger partial charge in [0.15, 0.2) is 0 Å². The van der Waals surface area contributed by atoms with Crippen molar-refractivity contribution in [2.75, 3.05) is 30.4 Å². The van der Waals surface area contributed by atoms with Gasteiger partial charge in [-0.1, -0.05) is 0 Å². The van der Waals surface area contributed by atoms with Crippen LogP contribution < -0.4 is 15.0 Å². The fourth-order valence-corrected chi connectivity index (χ4v) is 3.47. The summed E-state index contributed by atoms with van der Waals surface area (Å²) in [7, 11) is 3.82. The molecular formula is C18H18N4O2S. The number of ether oxygens (including phenoxy) is 1. The molecule has 0 saturated heterocycles. The minimum atomic E-state index is -0.165. The van der Waals surface area contributed by atoms with Gasteiger partial charge < -0.3 is 15.0 Å². The van der Waals surface area contributed by atoms with Crippen molar-refractivity contribution in [1.82, 2.24) is 9.78 Å². The average Bonchev–Trinajstić information content (AvgIpc) is 3.25. The molecule has 0 bridgehead atoms. The van der Waals surface area contributed by atoms with E-state index in [4.69, 9.17) is 4.74 Å². The van der Waals surface area contributed by atoms with Crippen molar-refractivity contribution >= 4 is 28.7 Å². The predicted molar refractivity (Wildman–Crippen MR) is 99.7 cm³/mol. The molecule has 3 aromatic rings. The first-order valence-electron chi connectivity index (χ1n) is 7.98. The normalized spacial score (nSPS) is 13.3. The Morgan fingerprint density at radius 1 is 1.28 bits per heavy atom. The van der Waals surface area contributed by atoms with Crippen LogP contribution in [0, 0.1) is 0 Å². The van der Waals surface area contributed by atoms with E-state index in [0.29, 0.717) is 18.0 Å². The number of aryl methyl sites for hydroxylation is 1. The molecule has 128 valence electrons. The summed E-state index contributed by atoms with van der Waals surface area (Å²) in [4.78, 5) is 14.7. The Bertz CT molecular complexity index is 917. The van der Waals surface area contributed by atoms with Crippen molar-refractivity contribution in [1.29, 1.82) is 0 Å². The van der Waals surface area contributed by atoms with Crippen molar-refractivity contribution in [3.63, 3.8) is 0 Å². The van der Waals surface area contributed by atoms with E-state index in [1.807, 2.05) is 49.1 Å². The Morgan fingerprint density at radius 3 is 2.96 bits per heavy atom. The fourth-order valence-electron chi connectivity index (χ4n) is 2.82. The van der Waals surface area contributed by atoms with Crippen molar-refractivity contribution in [2.45, 2.75) is 0 Å². The third-order valence-corrected chi connectivity index (χ3v) is 4.94.